The lowest BCUT2D eigenvalue weighted by Crippen LogP contribution is -2.34. The molecular formula is C15H21NO. The normalized spacial score (nSPS) is 23.6. The molecule has 2 saturated carbocycles. The van der Waals surface area contributed by atoms with E-state index in [0.29, 0.717) is 0 Å². The summed E-state index contributed by atoms with van der Waals surface area (Å²) in [5.74, 6) is 0.773. The number of hydrogen-bond acceptors (Lipinski definition) is 2. The fourth-order valence-electron chi connectivity index (χ4n) is 2.92. The summed E-state index contributed by atoms with van der Waals surface area (Å²) >= 11 is 0. The molecule has 1 aromatic rings. The molecule has 3 rings (SSSR count). The van der Waals surface area contributed by atoms with Crippen LogP contribution in [-0.4, -0.2) is 15.7 Å². The van der Waals surface area contributed by atoms with Crippen LogP contribution in [0.15, 0.2) is 18.3 Å². The van der Waals surface area contributed by atoms with Gasteiger partial charge in [0.1, 0.15) is 0 Å². The molecule has 0 spiro atoms. The van der Waals surface area contributed by atoms with Crippen molar-refractivity contribution in [3.05, 3.63) is 29.6 Å². The van der Waals surface area contributed by atoms with Crippen molar-refractivity contribution in [1.82, 2.24) is 4.98 Å². The Balaban J connectivity index is 1.67. The SMILES string of the molecule is OC1(Cc2ccc(C3CC3)cn2)CCCCC1. The molecule has 1 heterocycles. The largest absolute Gasteiger partial charge is 0.389 e. The molecule has 92 valence electrons. The molecule has 2 aliphatic rings. The van der Waals surface area contributed by atoms with Crippen LogP contribution in [0.1, 0.15) is 62.1 Å². The summed E-state index contributed by atoms with van der Waals surface area (Å²) in [6, 6.07) is 4.31. The lowest BCUT2D eigenvalue weighted by Gasteiger charge is -2.31. The van der Waals surface area contributed by atoms with Crippen LogP contribution < -0.4 is 0 Å². The van der Waals surface area contributed by atoms with Gasteiger partial charge in [0.2, 0.25) is 0 Å². The maximum absolute atomic E-state index is 10.5. The van der Waals surface area contributed by atoms with Crippen molar-refractivity contribution in [3.63, 3.8) is 0 Å². The summed E-state index contributed by atoms with van der Waals surface area (Å²) in [6.07, 6.45) is 10.9. The molecule has 0 radical (unpaired) electrons. The van der Waals surface area contributed by atoms with Crippen LogP contribution in [0.3, 0.4) is 0 Å². The maximum Gasteiger partial charge on any atom is 0.0703 e. The van der Waals surface area contributed by atoms with Crippen molar-refractivity contribution in [3.8, 4) is 0 Å². The highest BCUT2D eigenvalue weighted by Gasteiger charge is 2.30. The molecule has 1 N–H and O–H groups in total. The highest BCUT2D eigenvalue weighted by molar-refractivity contribution is 5.22. The first-order valence-corrected chi connectivity index (χ1v) is 6.92. The second-order valence-electron chi connectivity index (χ2n) is 5.82. The van der Waals surface area contributed by atoms with Crippen molar-refractivity contribution in [2.45, 2.75) is 62.9 Å². The van der Waals surface area contributed by atoms with Crippen molar-refractivity contribution < 1.29 is 5.11 Å². The van der Waals surface area contributed by atoms with Crippen LogP contribution in [-0.2, 0) is 6.42 Å². The number of rotatable bonds is 3. The van der Waals surface area contributed by atoms with Crippen LogP contribution in [0.5, 0.6) is 0 Å². The molecule has 0 aromatic carbocycles. The zero-order valence-corrected chi connectivity index (χ0v) is 10.4. The van der Waals surface area contributed by atoms with Crippen LogP contribution in [0.2, 0.25) is 0 Å². The predicted octanol–water partition coefficient (Wildman–Crippen LogP) is 3.20. The molecular weight excluding hydrogens is 210 g/mol. The Morgan fingerprint density at radius 2 is 1.94 bits per heavy atom. The molecule has 0 saturated heterocycles. The third kappa shape index (κ3) is 2.68. The zero-order valence-electron chi connectivity index (χ0n) is 10.4. The van der Waals surface area contributed by atoms with Gasteiger partial charge in [-0.2, -0.15) is 0 Å². The van der Waals surface area contributed by atoms with E-state index in [2.05, 4.69) is 17.1 Å². The summed E-state index contributed by atoms with van der Waals surface area (Å²) in [5, 5.41) is 10.5. The number of pyridine rings is 1. The third-order valence-electron chi connectivity index (χ3n) is 4.19. The maximum atomic E-state index is 10.5. The zero-order chi connectivity index (χ0) is 11.7. The van der Waals surface area contributed by atoms with Gasteiger partial charge in [0.15, 0.2) is 0 Å². The average molecular weight is 231 g/mol. The molecule has 2 fully saturated rings. The van der Waals surface area contributed by atoms with Crippen LogP contribution in [0.4, 0.5) is 0 Å². The Hall–Kier alpha value is -0.890. The summed E-state index contributed by atoms with van der Waals surface area (Å²) in [4.78, 5) is 4.52. The van der Waals surface area contributed by atoms with E-state index in [4.69, 9.17) is 0 Å². The molecule has 2 heteroatoms. The van der Waals surface area contributed by atoms with Crippen molar-refractivity contribution in [1.29, 1.82) is 0 Å². The van der Waals surface area contributed by atoms with Gasteiger partial charge in [0, 0.05) is 18.3 Å². The molecule has 0 bridgehead atoms. The van der Waals surface area contributed by atoms with Crippen LogP contribution >= 0.6 is 0 Å². The minimum Gasteiger partial charge on any atom is -0.389 e. The monoisotopic (exact) mass is 231 g/mol. The Kier molecular flexibility index (Phi) is 2.91. The van der Waals surface area contributed by atoms with E-state index >= 15 is 0 Å². The lowest BCUT2D eigenvalue weighted by atomic mass is 9.81. The minimum atomic E-state index is -0.480. The third-order valence-corrected chi connectivity index (χ3v) is 4.19. The van der Waals surface area contributed by atoms with Gasteiger partial charge in [0.25, 0.3) is 0 Å². The molecule has 0 unspecified atom stereocenters. The molecule has 17 heavy (non-hydrogen) atoms. The van der Waals surface area contributed by atoms with E-state index in [-0.39, 0.29) is 0 Å². The van der Waals surface area contributed by atoms with Crippen molar-refractivity contribution in [2.24, 2.45) is 0 Å². The van der Waals surface area contributed by atoms with Crippen molar-refractivity contribution in [2.75, 3.05) is 0 Å². The van der Waals surface area contributed by atoms with E-state index in [9.17, 15) is 5.11 Å². The first kappa shape index (κ1) is 11.2. The van der Waals surface area contributed by atoms with E-state index < -0.39 is 5.60 Å². The van der Waals surface area contributed by atoms with Crippen LogP contribution in [0, 0.1) is 0 Å². The fourth-order valence-corrected chi connectivity index (χ4v) is 2.92. The highest BCUT2D eigenvalue weighted by atomic mass is 16.3. The predicted molar refractivity (Wildman–Crippen MR) is 68.0 cm³/mol. The first-order valence-electron chi connectivity index (χ1n) is 6.92. The number of nitrogens with zero attached hydrogens (tertiary/aromatic N) is 1. The highest BCUT2D eigenvalue weighted by Crippen LogP contribution is 2.39. The van der Waals surface area contributed by atoms with E-state index in [1.165, 1.54) is 24.8 Å². The summed E-state index contributed by atoms with van der Waals surface area (Å²) in [6.45, 7) is 0. The molecule has 0 atom stereocenters. The van der Waals surface area contributed by atoms with Gasteiger partial charge >= 0.3 is 0 Å². The van der Waals surface area contributed by atoms with E-state index in [0.717, 1.165) is 43.7 Å². The molecule has 0 amide bonds. The first-order chi connectivity index (χ1) is 8.25. The van der Waals surface area contributed by atoms with Gasteiger partial charge in [-0.3, -0.25) is 4.98 Å². The minimum absolute atomic E-state index is 0.480. The molecule has 0 aliphatic heterocycles. The number of aromatic nitrogens is 1. The van der Waals surface area contributed by atoms with Gasteiger partial charge in [0.05, 0.1) is 5.60 Å². The Bertz CT molecular complexity index is 374. The topological polar surface area (TPSA) is 33.1 Å². The van der Waals surface area contributed by atoms with Gasteiger partial charge in [-0.25, -0.2) is 0 Å². The van der Waals surface area contributed by atoms with Crippen LogP contribution in [0.25, 0.3) is 0 Å². The molecule has 1 aromatic heterocycles. The standard InChI is InChI=1S/C15H21NO/c17-15(8-2-1-3-9-15)10-14-7-6-13(11-16-14)12-4-5-12/h6-7,11-12,17H,1-5,8-10H2. The Morgan fingerprint density at radius 3 is 2.53 bits per heavy atom. The second kappa shape index (κ2) is 4.41. The van der Waals surface area contributed by atoms with Gasteiger partial charge in [-0.05, 0) is 43.2 Å². The van der Waals surface area contributed by atoms with Gasteiger partial charge in [-0.1, -0.05) is 25.3 Å². The Morgan fingerprint density at radius 1 is 1.18 bits per heavy atom. The van der Waals surface area contributed by atoms with E-state index in [1.807, 2.05) is 6.20 Å². The summed E-state index contributed by atoms with van der Waals surface area (Å²) in [5.41, 5.74) is 1.95. The summed E-state index contributed by atoms with van der Waals surface area (Å²) < 4.78 is 0. The number of aliphatic hydroxyl groups is 1. The van der Waals surface area contributed by atoms with E-state index in [1.54, 1.807) is 0 Å². The van der Waals surface area contributed by atoms with Gasteiger partial charge < -0.3 is 5.11 Å². The lowest BCUT2D eigenvalue weighted by molar-refractivity contribution is 0.00367. The summed E-state index contributed by atoms with van der Waals surface area (Å²) in [7, 11) is 0. The fraction of sp³-hybridized carbons (Fsp3) is 0.667. The van der Waals surface area contributed by atoms with Crippen molar-refractivity contribution >= 4 is 0 Å². The molecule has 2 nitrogen and oxygen atoms in total. The quantitative estimate of drug-likeness (QED) is 0.866. The van der Waals surface area contributed by atoms with Gasteiger partial charge in [-0.15, -0.1) is 0 Å². The Labute approximate surface area is 103 Å². The number of hydrogen-bond donors (Lipinski definition) is 1. The molecule has 2 aliphatic carbocycles. The second-order valence-corrected chi connectivity index (χ2v) is 5.82. The average Bonchev–Trinajstić information content (AvgIpc) is 3.14. The smallest absolute Gasteiger partial charge is 0.0703 e.